The minimum absolute atomic E-state index is 1.39. The van der Waals surface area contributed by atoms with Gasteiger partial charge in [-0.15, -0.1) is 0 Å². The first-order chi connectivity index (χ1) is 9.25. The van der Waals surface area contributed by atoms with E-state index in [2.05, 4.69) is 67.5 Å². The number of aryl methyl sites for hydroxylation is 4. The van der Waals surface area contributed by atoms with Crippen LogP contribution in [0.2, 0.25) is 0 Å². The average molecular weight is 266 g/mol. The van der Waals surface area contributed by atoms with Crippen molar-refractivity contribution in [1.29, 1.82) is 0 Å². The molecule has 2 rings (SSSR count). The van der Waals surface area contributed by atoms with Crippen molar-refractivity contribution in [3.63, 3.8) is 0 Å². The van der Waals surface area contributed by atoms with E-state index in [0.29, 0.717) is 0 Å². The van der Waals surface area contributed by atoms with Crippen LogP contribution in [0.5, 0.6) is 0 Å². The van der Waals surface area contributed by atoms with E-state index in [1.165, 1.54) is 55.6 Å². The van der Waals surface area contributed by atoms with Crippen molar-refractivity contribution in [3.8, 4) is 11.1 Å². The molecule has 0 N–H and O–H groups in total. The molecular weight excluding hydrogens is 240 g/mol. The predicted octanol–water partition coefficient (Wildman–Crippen LogP) is 5.82. The minimum atomic E-state index is 1.39. The first-order valence-electron chi connectivity index (χ1n) is 7.40. The maximum absolute atomic E-state index is 2.31. The van der Waals surface area contributed by atoms with E-state index in [4.69, 9.17) is 0 Å². The molecule has 0 amide bonds. The lowest BCUT2D eigenvalue weighted by molar-refractivity contribution is 1.20. The van der Waals surface area contributed by atoms with Gasteiger partial charge in [0.2, 0.25) is 0 Å². The highest BCUT2D eigenvalue weighted by atomic mass is 14.2. The van der Waals surface area contributed by atoms with Crippen molar-refractivity contribution in [2.45, 2.75) is 55.4 Å². The number of benzene rings is 2. The molecule has 0 bridgehead atoms. The van der Waals surface area contributed by atoms with Gasteiger partial charge in [-0.3, -0.25) is 0 Å². The van der Waals surface area contributed by atoms with Crippen molar-refractivity contribution >= 4 is 0 Å². The van der Waals surface area contributed by atoms with Crippen LogP contribution in [0, 0.1) is 55.4 Å². The van der Waals surface area contributed by atoms with Gasteiger partial charge < -0.3 is 0 Å². The normalized spacial score (nSPS) is 11.0. The van der Waals surface area contributed by atoms with Crippen LogP contribution in [0.1, 0.15) is 44.5 Å². The fraction of sp³-hybridized carbons (Fsp3) is 0.400. The summed E-state index contributed by atoms with van der Waals surface area (Å²) in [7, 11) is 0. The molecule has 0 aliphatic rings. The van der Waals surface area contributed by atoms with E-state index in [9.17, 15) is 0 Å². The molecule has 0 saturated carbocycles. The highest BCUT2D eigenvalue weighted by molar-refractivity contribution is 5.80. The van der Waals surface area contributed by atoms with Gasteiger partial charge in [0.1, 0.15) is 0 Å². The topological polar surface area (TPSA) is 0 Å². The number of hydrogen-bond donors (Lipinski definition) is 0. The molecule has 0 spiro atoms. The van der Waals surface area contributed by atoms with E-state index < -0.39 is 0 Å². The van der Waals surface area contributed by atoms with Gasteiger partial charge in [-0.05, 0) is 111 Å². The maximum Gasteiger partial charge on any atom is -0.0115 e. The van der Waals surface area contributed by atoms with Crippen LogP contribution in [-0.4, -0.2) is 0 Å². The Morgan fingerprint density at radius 2 is 0.600 bits per heavy atom. The van der Waals surface area contributed by atoms with E-state index >= 15 is 0 Å². The fourth-order valence-corrected chi connectivity index (χ4v) is 3.18. The minimum Gasteiger partial charge on any atom is -0.0558 e. The second-order valence-corrected chi connectivity index (χ2v) is 6.27. The molecule has 0 aliphatic carbocycles. The molecule has 20 heavy (non-hydrogen) atoms. The third-order valence-electron chi connectivity index (χ3n) is 4.98. The van der Waals surface area contributed by atoms with E-state index in [1.54, 1.807) is 0 Å². The Hall–Kier alpha value is -1.56. The Bertz CT molecular complexity index is 574. The summed E-state index contributed by atoms with van der Waals surface area (Å²) in [6.45, 7) is 17.9. The van der Waals surface area contributed by atoms with Gasteiger partial charge >= 0.3 is 0 Å². The highest BCUT2D eigenvalue weighted by Crippen LogP contribution is 2.37. The summed E-state index contributed by atoms with van der Waals surface area (Å²) in [5.41, 5.74) is 14.1. The van der Waals surface area contributed by atoms with Crippen LogP contribution < -0.4 is 0 Å². The monoisotopic (exact) mass is 266 g/mol. The SMILES string of the molecule is Cc1cc(C)c(C)c(-c2c(C)c(C)cc(C)c2C)c1C. The van der Waals surface area contributed by atoms with Crippen molar-refractivity contribution < 1.29 is 0 Å². The van der Waals surface area contributed by atoms with Crippen LogP contribution in [0.15, 0.2) is 12.1 Å². The summed E-state index contributed by atoms with van der Waals surface area (Å²) in [4.78, 5) is 0. The molecule has 0 nitrogen and oxygen atoms in total. The van der Waals surface area contributed by atoms with Gasteiger partial charge in [-0.2, -0.15) is 0 Å². The molecule has 106 valence electrons. The van der Waals surface area contributed by atoms with Crippen LogP contribution in [0.25, 0.3) is 11.1 Å². The molecule has 0 saturated heterocycles. The van der Waals surface area contributed by atoms with Crippen LogP contribution in [0.3, 0.4) is 0 Å². The molecular formula is C20H26. The quantitative estimate of drug-likeness (QED) is 0.610. The largest absolute Gasteiger partial charge is 0.0558 e. The van der Waals surface area contributed by atoms with Crippen LogP contribution >= 0.6 is 0 Å². The fourth-order valence-electron chi connectivity index (χ4n) is 3.18. The molecule has 0 fully saturated rings. The second-order valence-electron chi connectivity index (χ2n) is 6.27. The molecule has 0 aliphatic heterocycles. The zero-order valence-electron chi connectivity index (χ0n) is 14.2. The molecule has 2 aromatic rings. The Labute approximate surface area is 123 Å². The van der Waals surface area contributed by atoms with Gasteiger partial charge in [0.05, 0.1) is 0 Å². The zero-order chi connectivity index (χ0) is 15.2. The van der Waals surface area contributed by atoms with Crippen molar-refractivity contribution in [2.24, 2.45) is 0 Å². The summed E-state index contributed by atoms with van der Waals surface area (Å²) in [5.74, 6) is 0. The first kappa shape index (κ1) is 14.8. The van der Waals surface area contributed by atoms with Gasteiger partial charge in [-0.1, -0.05) is 12.1 Å². The Morgan fingerprint density at radius 1 is 0.400 bits per heavy atom. The van der Waals surface area contributed by atoms with Crippen molar-refractivity contribution in [1.82, 2.24) is 0 Å². The van der Waals surface area contributed by atoms with E-state index in [1.807, 2.05) is 0 Å². The number of rotatable bonds is 1. The third kappa shape index (κ3) is 2.18. The summed E-state index contributed by atoms with van der Waals surface area (Å²) < 4.78 is 0. The molecule has 0 aromatic heterocycles. The maximum atomic E-state index is 2.31. The number of hydrogen-bond acceptors (Lipinski definition) is 0. The van der Waals surface area contributed by atoms with Gasteiger partial charge in [-0.25, -0.2) is 0 Å². The summed E-state index contributed by atoms with van der Waals surface area (Å²) >= 11 is 0. The van der Waals surface area contributed by atoms with Crippen LogP contribution in [-0.2, 0) is 0 Å². The van der Waals surface area contributed by atoms with E-state index in [-0.39, 0.29) is 0 Å². The Kier molecular flexibility index (Phi) is 3.77. The molecule has 0 radical (unpaired) electrons. The highest BCUT2D eigenvalue weighted by Gasteiger charge is 2.16. The average Bonchev–Trinajstić information content (AvgIpc) is 2.38. The lowest BCUT2D eigenvalue weighted by Crippen LogP contribution is -2.01. The first-order valence-corrected chi connectivity index (χ1v) is 7.40. The molecule has 0 unspecified atom stereocenters. The van der Waals surface area contributed by atoms with Gasteiger partial charge in [0, 0.05) is 0 Å². The zero-order valence-corrected chi connectivity index (χ0v) is 14.2. The molecule has 0 heteroatoms. The lowest BCUT2D eigenvalue weighted by atomic mass is 9.83. The van der Waals surface area contributed by atoms with Crippen molar-refractivity contribution in [3.05, 3.63) is 56.6 Å². The predicted molar refractivity (Wildman–Crippen MR) is 89.8 cm³/mol. The van der Waals surface area contributed by atoms with E-state index in [0.717, 1.165) is 0 Å². The van der Waals surface area contributed by atoms with Crippen LogP contribution in [0.4, 0.5) is 0 Å². The molecule has 0 heterocycles. The Balaban J connectivity index is 2.96. The smallest absolute Gasteiger partial charge is 0.0115 e. The summed E-state index contributed by atoms with van der Waals surface area (Å²) in [6.07, 6.45) is 0. The standard InChI is InChI=1S/C20H26/c1-11-9-12(2)16(6)19(15(11)5)20-17(7)13(3)10-14(4)18(20)8/h9-10H,1-8H3. The van der Waals surface area contributed by atoms with Gasteiger partial charge in [0.15, 0.2) is 0 Å². The molecule has 0 atom stereocenters. The molecule has 2 aromatic carbocycles. The Morgan fingerprint density at radius 3 is 0.800 bits per heavy atom. The van der Waals surface area contributed by atoms with Gasteiger partial charge in [0.25, 0.3) is 0 Å². The second kappa shape index (κ2) is 5.09. The summed E-state index contributed by atoms with van der Waals surface area (Å²) in [6, 6.07) is 4.61. The van der Waals surface area contributed by atoms with Crippen molar-refractivity contribution in [2.75, 3.05) is 0 Å². The third-order valence-corrected chi connectivity index (χ3v) is 4.98. The summed E-state index contributed by atoms with van der Waals surface area (Å²) in [5, 5.41) is 0. The lowest BCUT2D eigenvalue weighted by Gasteiger charge is -2.21.